The number of halogens is 1. The van der Waals surface area contributed by atoms with E-state index in [-0.39, 0.29) is 5.91 Å². The Morgan fingerprint density at radius 3 is 2.48 bits per heavy atom. The minimum atomic E-state index is -0.283. The van der Waals surface area contributed by atoms with Crippen LogP contribution in [0.1, 0.15) is 15.9 Å². The number of anilines is 1. The molecule has 0 aromatic heterocycles. The number of methoxy groups -OCH3 is 1. The Balaban J connectivity index is 1.99. The molecular weight excluding hydrogens is 358 g/mol. The predicted molar refractivity (Wildman–Crippen MR) is 96.5 cm³/mol. The molecule has 1 amide bonds. The molecule has 0 heterocycles. The number of nitrogens with one attached hydrogen (secondary N) is 1. The number of ether oxygens (including phenoxy) is 1. The van der Waals surface area contributed by atoms with Crippen LogP contribution in [-0.4, -0.2) is 33.3 Å². The fourth-order valence-corrected chi connectivity index (χ4v) is 2.44. The molecule has 0 bridgehead atoms. The Bertz CT molecular complexity index is 712. The molecule has 0 aliphatic heterocycles. The fraction of sp³-hybridized carbons (Fsp3) is 0.176. The monoisotopic (exact) mass is 375 g/mol. The van der Waals surface area contributed by atoms with Gasteiger partial charge in [-0.3, -0.25) is 4.79 Å². The summed E-state index contributed by atoms with van der Waals surface area (Å²) >= 11 is 3.35. The molecule has 0 saturated heterocycles. The first-order valence-electron chi connectivity index (χ1n) is 6.95. The van der Waals surface area contributed by atoms with Crippen molar-refractivity contribution in [2.45, 2.75) is 0 Å². The van der Waals surface area contributed by atoms with E-state index in [0.29, 0.717) is 11.3 Å². The highest BCUT2D eigenvalue weighted by Crippen LogP contribution is 2.25. The molecule has 6 heteroatoms. The standard InChI is InChI=1S/C17H18BrN3O2/c1-21(2)14-7-4-12(5-8-14)11-19-20-17(22)13-6-9-16(23-3)15(18)10-13/h4-11H,1-3H3,(H,20,22). The third-order valence-electron chi connectivity index (χ3n) is 3.20. The van der Waals surface area contributed by atoms with Gasteiger partial charge in [0.1, 0.15) is 5.75 Å². The first-order valence-corrected chi connectivity index (χ1v) is 7.75. The van der Waals surface area contributed by atoms with E-state index in [1.807, 2.05) is 43.3 Å². The van der Waals surface area contributed by atoms with Crippen LogP contribution in [0.25, 0.3) is 0 Å². The van der Waals surface area contributed by atoms with Gasteiger partial charge in [0, 0.05) is 25.3 Å². The minimum Gasteiger partial charge on any atom is -0.496 e. The van der Waals surface area contributed by atoms with Crippen molar-refractivity contribution in [3.8, 4) is 5.75 Å². The van der Waals surface area contributed by atoms with Crippen molar-refractivity contribution >= 4 is 33.7 Å². The zero-order valence-electron chi connectivity index (χ0n) is 13.2. The summed E-state index contributed by atoms with van der Waals surface area (Å²) in [6.45, 7) is 0. The number of amides is 1. The number of nitrogens with zero attached hydrogens (tertiary/aromatic N) is 2. The Morgan fingerprint density at radius 2 is 1.91 bits per heavy atom. The summed E-state index contributed by atoms with van der Waals surface area (Å²) < 4.78 is 5.85. The maximum Gasteiger partial charge on any atom is 0.271 e. The zero-order chi connectivity index (χ0) is 16.8. The molecule has 0 fully saturated rings. The second kappa shape index (κ2) is 7.78. The molecule has 2 rings (SSSR count). The fourth-order valence-electron chi connectivity index (χ4n) is 1.90. The lowest BCUT2D eigenvalue weighted by atomic mass is 10.2. The normalized spacial score (nSPS) is 10.6. The van der Waals surface area contributed by atoms with Gasteiger partial charge in [0.15, 0.2) is 0 Å². The lowest BCUT2D eigenvalue weighted by Gasteiger charge is -2.11. The van der Waals surface area contributed by atoms with Crippen molar-refractivity contribution in [3.63, 3.8) is 0 Å². The second-order valence-corrected chi connectivity index (χ2v) is 5.89. The van der Waals surface area contributed by atoms with Crippen LogP contribution in [0.5, 0.6) is 5.75 Å². The molecule has 2 aromatic carbocycles. The first kappa shape index (κ1) is 17.0. The van der Waals surface area contributed by atoms with Crippen LogP contribution in [-0.2, 0) is 0 Å². The van der Waals surface area contributed by atoms with Crippen LogP contribution >= 0.6 is 15.9 Å². The van der Waals surface area contributed by atoms with E-state index in [1.54, 1.807) is 31.5 Å². The van der Waals surface area contributed by atoms with Gasteiger partial charge in [0.25, 0.3) is 5.91 Å². The van der Waals surface area contributed by atoms with Gasteiger partial charge in [0.2, 0.25) is 0 Å². The van der Waals surface area contributed by atoms with Gasteiger partial charge in [0.05, 0.1) is 17.8 Å². The van der Waals surface area contributed by atoms with Crippen molar-refractivity contribution in [2.75, 3.05) is 26.1 Å². The molecule has 2 aromatic rings. The summed E-state index contributed by atoms with van der Waals surface area (Å²) in [5.41, 5.74) is 5.02. The largest absolute Gasteiger partial charge is 0.496 e. The SMILES string of the molecule is COc1ccc(C(=O)NN=Cc2ccc(N(C)C)cc2)cc1Br. The van der Waals surface area contributed by atoms with Gasteiger partial charge in [-0.05, 0) is 51.8 Å². The minimum absolute atomic E-state index is 0.283. The zero-order valence-corrected chi connectivity index (χ0v) is 14.8. The van der Waals surface area contributed by atoms with Crippen molar-refractivity contribution in [1.82, 2.24) is 5.43 Å². The first-order chi connectivity index (χ1) is 11.0. The maximum atomic E-state index is 12.0. The van der Waals surface area contributed by atoms with E-state index in [0.717, 1.165) is 15.7 Å². The summed E-state index contributed by atoms with van der Waals surface area (Å²) in [5.74, 6) is 0.389. The second-order valence-electron chi connectivity index (χ2n) is 5.03. The highest BCUT2D eigenvalue weighted by Gasteiger charge is 2.07. The number of carbonyl (C=O) groups is 1. The Kier molecular flexibility index (Phi) is 5.76. The number of carbonyl (C=O) groups excluding carboxylic acids is 1. The Hall–Kier alpha value is -2.34. The molecule has 0 atom stereocenters. The molecule has 120 valence electrons. The van der Waals surface area contributed by atoms with E-state index in [4.69, 9.17) is 4.74 Å². The van der Waals surface area contributed by atoms with Crippen LogP contribution in [0, 0.1) is 0 Å². The average molecular weight is 376 g/mol. The maximum absolute atomic E-state index is 12.0. The Morgan fingerprint density at radius 1 is 1.22 bits per heavy atom. The Labute approximate surface area is 144 Å². The van der Waals surface area contributed by atoms with Crippen molar-refractivity contribution in [3.05, 3.63) is 58.1 Å². The molecule has 0 spiro atoms. The molecule has 5 nitrogen and oxygen atoms in total. The molecule has 0 aliphatic carbocycles. The van der Waals surface area contributed by atoms with Crippen molar-refractivity contribution < 1.29 is 9.53 Å². The smallest absolute Gasteiger partial charge is 0.271 e. The summed E-state index contributed by atoms with van der Waals surface area (Å²) in [6.07, 6.45) is 1.61. The number of benzene rings is 2. The molecule has 23 heavy (non-hydrogen) atoms. The van der Waals surface area contributed by atoms with Crippen LogP contribution in [0.15, 0.2) is 52.0 Å². The highest BCUT2D eigenvalue weighted by atomic mass is 79.9. The summed E-state index contributed by atoms with van der Waals surface area (Å²) in [5, 5.41) is 3.98. The number of rotatable bonds is 5. The van der Waals surface area contributed by atoms with Gasteiger partial charge in [-0.15, -0.1) is 0 Å². The molecule has 0 saturated carbocycles. The summed E-state index contributed by atoms with van der Waals surface area (Å²) in [6, 6.07) is 13.0. The van der Waals surface area contributed by atoms with Crippen LogP contribution < -0.4 is 15.1 Å². The van der Waals surface area contributed by atoms with Crippen LogP contribution in [0.4, 0.5) is 5.69 Å². The highest BCUT2D eigenvalue weighted by molar-refractivity contribution is 9.10. The third-order valence-corrected chi connectivity index (χ3v) is 3.82. The predicted octanol–water partition coefficient (Wildman–Crippen LogP) is 3.29. The van der Waals surface area contributed by atoms with Gasteiger partial charge in [-0.1, -0.05) is 12.1 Å². The van der Waals surface area contributed by atoms with Crippen molar-refractivity contribution in [1.29, 1.82) is 0 Å². The van der Waals surface area contributed by atoms with Gasteiger partial charge < -0.3 is 9.64 Å². The van der Waals surface area contributed by atoms with E-state index >= 15 is 0 Å². The summed E-state index contributed by atoms with van der Waals surface area (Å²) in [7, 11) is 5.54. The van der Waals surface area contributed by atoms with Crippen molar-refractivity contribution in [2.24, 2.45) is 5.10 Å². The van der Waals surface area contributed by atoms with E-state index in [9.17, 15) is 4.79 Å². The van der Waals surface area contributed by atoms with E-state index < -0.39 is 0 Å². The third kappa shape index (κ3) is 4.56. The van der Waals surface area contributed by atoms with Crippen LogP contribution in [0.3, 0.4) is 0 Å². The van der Waals surface area contributed by atoms with Crippen LogP contribution in [0.2, 0.25) is 0 Å². The average Bonchev–Trinajstić information content (AvgIpc) is 2.55. The number of hydrogen-bond acceptors (Lipinski definition) is 4. The quantitative estimate of drug-likeness (QED) is 0.644. The lowest BCUT2D eigenvalue weighted by Crippen LogP contribution is -2.17. The lowest BCUT2D eigenvalue weighted by molar-refractivity contribution is 0.0955. The molecule has 0 radical (unpaired) electrons. The summed E-state index contributed by atoms with van der Waals surface area (Å²) in [4.78, 5) is 14.1. The number of hydrogen-bond donors (Lipinski definition) is 1. The topological polar surface area (TPSA) is 53.9 Å². The molecular formula is C17H18BrN3O2. The van der Waals surface area contributed by atoms with E-state index in [2.05, 4.69) is 26.5 Å². The molecule has 1 N–H and O–H groups in total. The molecule has 0 unspecified atom stereocenters. The van der Waals surface area contributed by atoms with Gasteiger partial charge >= 0.3 is 0 Å². The van der Waals surface area contributed by atoms with E-state index in [1.165, 1.54) is 0 Å². The van der Waals surface area contributed by atoms with Gasteiger partial charge in [-0.2, -0.15) is 5.10 Å². The van der Waals surface area contributed by atoms with Gasteiger partial charge in [-0.25, -0.2) is 5.43 Å². The molecule has 0 aliphatic rings. The number of hydrazone groups is 1.